The molecule has 0 saturated carbocycles. The molecule has 0 amide bonds. The average Bonchev–Trinajstić information content (AvgIpc) is 2.15. The number of anilines is 1. The van der Waals surface area contributed by atoms with Crippen LogP contribution in [0.15, 0.2) is 29.2 Å². The Bertz CT molecular complexity index is 250. The Morgan fingerprint density at radius 2 is 2.15 bits per heavy atom. The number of para-hydroxylation sites is 1. The molecule has 0 bridgehead atoms. The van der Waals surface area contributed by atoms with Gasteiger partial charge in [0.25, 0.3) is 0 Å². The van der Waals surface area contributed by atoms with Crippen LogP contribution in [0, 0.1) is 0 Å². The van der Waals surface area contributed by atoms with Crippen molar-refractivity contribution in [1.82, 2.24) is 5.32 Å². The van der Waals surface area contributed by atoms with Gasteiger partial charge in [0.1, 0.15) is 0 Å². The van der Waals surface area contributed by atoms with Gasteiger partial charge in [0.05, 0.1) is 0 Å². The third-order valence-corrected chi connectivity index (χ3v) is 2.92. The van der Waals surface area contributed by atoms with Crippen LogP contribution < -0.4 is 11.1 Å². The number of nitrogens with two attached hydrogens (primary N) is 1. The second kappa shape index (κ2) is 5.89. The highest BCUT2D eigenvalue weighted by atomic mass is 32.2. The Morgan fingerprint density at radius 1 is 1.38 bits per heavy atom. The molecule has 0 heterocycles. The summed E-state index contributed by atoms with van der Waals surface area (Å²) in [5.41, 5.74) is 6.68. The number of nitrogen functional groups attached to an aromatic ring is 1. The van der Waals surface area contributed by atoms with Crippen molar-refractivity contribution in [1.29, 1.82) is 0 Å². The molecule has 2 nitrogen and oxygen atoms in total. The normalized spacial score (nSPS) is 10.2. The number of hydrogen-bond donors (Lipinski definition) is 2. The lowest BCUT2D eigenvalue weighted by Gasteiger charge is -2.04. The highest BCUT2D eigenvalue weighted by Crippen LogP contribution is 2.24. The number of hydrogen-bond acceptors (Lipinski definition) is 3. The van der Waals surface area contributed by atoms with E-state index in [4.69, 9.17) is 5.73 Å². The quantitative estimate of drug-likeness (QED) is 0.429. The van der Waals surface area contributed by atoms with E-state index in [9.17, 15) is 0 Å². The van der Waals surface area contributed by atoms with Gasteiger partial charge >= 0.3 is 0 Å². The van der Waals surface area contributed by atoms with E-state index in [1.165, 1.54) is 11.3 Å². The fourth-order valence-electron chi connectivity index (χ4n) is 1.04. The summed E-state index contributed by atoms with van der Waals surface area (Å²) in [6.07, 6.45) is 1.18. The van der Waals surface area contributed by atoms with Gasteiger partial charge in [-0.3, -0.25) is 0 Å². The van der Waals surface area contributed by atoms with Gasteiger partial charge in [-0.2, -0.15) is 0 Å². The van der Waals surface area contributed by atoms with Crippen molar-refractivity contribution in [3.63, 3.8) is 0 Å². The molecule has 0 aliphatic carbocycles. The second-order valence-corrected chi connectivity index (χ2v) is 3.98. The van der Waals surface area contributed by atoms with Crippen molar-refractivity contribution in [2.75, 3.05) is 25.1 Å². The summed E-state index contributed by atoms with van der Waals surface area (Å²) in [6, 6.07) is 8.00. The summed E-state index contributed by atoms with van der Waals surface area (Å²) in [4.78, 5) is 1.19. The molecular weight excluding hydrogens is 180 g/mol. The van der Waals surface area contributed by atoms with Gasteiger partial charge in [0.2, 0.25) is 0 Å². The lowest BCUT2D eigenvalue weighted by molar-refractivity contribution is 0.778. The van der Waals surface area contributed by atoms with E-state index in [1.54, 1.807) is 0 Å². The molecule has 0 aromatic heterocycles. The first-order valence-corrected chi connectivity index (χ1v) is 5.45. The van der Waals surface area contributed by atoms with Crippen molar-refractivity contribution in [3.05, 3.63) is 24.3 Å². The van der Waals surface area contributed by atoms with Crippen LogP contribution in [-0.2, 0) is 0 Å². The number of rotatable bonds is 5. The van der Waals surface area contributed by atoms with E-state index in [1.807, 2.05) is 37.0 Å². The van der Waals surface area contributed by atoms with Crippen molar-refractivity contribution >= 4 is 17.4 Å². The van der Waals surface area contributed by atoms with Crippen molar-refractivity contribution in [2.45, 2.75) is 11.3 Å². The molecular formula is C10H16N2S. The van der Waals surface area contributed by atoms with Crippen LogP contribution in [0.1, 0.15) is 6.42 Å². The number of nitrogens with one attached hydrogen (secondary N) is 1. The third-order valence-electron chi connectivity index (χ3n) is 1.75. The Balaban J connectivity index is 2.32. The Hall–Kier alpha value is -0.670. The fraction of sp³-hybridized carbons (Fsp3) is 0.400. The van der Waals surface area contributed by atoms with E-state index in [2.05, 4.69) is 11.4 Å². The molecule has 0 saturated heterocycles. The topological polar surface area (TPSA) is 38.0 Å². The monoisotopic (exact) mass is 196 g/mol. The predicted octanol–water partition coefficient (Wildman–Crippen LogP) is 1.97. The van der Waals surface area contributed by atoms with Crippen LogP contribution in [0.4, 0.5) is 5.69 Å². The Labute approximate surface area is 83.9 Å². The summed E-state index contributed by atoms with van der Waals surface area (Å²) in [5.74, 6) is 1.12. The molecule has 0 atom stereocenters. The molecule has 0 aliphatic heterocycles. The van der Waals surface area contributed by atoms with Gasteiger partial charge in [0.15, 0.2) is 0 Å². The van der Waals surface area contributed by atoms with Gasteiger partial charge < -0.3 is 11.1 Å². The first-order chi connectivity index (χ1) is 6.34. The second-order valence-electron chi connectivity index (χ2n) is 2.84. The Kier molecular flexibility index (Phi) is 4.72. The predicted molar refractivity (Wildman–Crippen MR) is 60.1 cm³/mol. The third kappa shape index (κ3) is 3.70. The minimum absolute atomic E-state index is 0.886. The fourth-order valence-corrected chi connectivity index (χ4v) is 1.96. The number of thioether (sulfide) groups is 1. The first kappa shape index (κ1) is 10.4. The maximum absolute atomic E-state index is 5.80. The van der Waals surface area contributed by atoms with Crippen molar-refractivity contribution < 1.29 is 0 Å². The molecule has 0 radical (unpaired) electrons. The standard InChI is InChI=1S/C10H16N2S/c1-12-7-4-8-13-10-6-3-2-5-9(10)11/h2-3,5-6,12H,4,7-8,11H2,1H3. The van der Waals surface area contributed by atoms with E-state index in [0.717, 1.165) is 18.0 Å². The van der Waals surface area contributed by atoms with Gasteiger partial charge in [0, 0.05) is 10.6 Å². The smallest absolute Gasteiger partial charge is 0.0452 e. The van der Waals surface area contributed by atoms with Gasteiger partial charge in [-0.05, 0) is 37.9 Å². The van der Waals surface area contributed by atoms with Crippen LogP contribution in [0.3, 0.4) is 0 Å². The minimum Gasteiger partial charge on any atom is -0.398 e. The van der Waals surface area contributed by atoms with E-state index in [0.29, 0.717) is 0 Å². The summed E-state index contributed by atoms with van der Waals surface area (Å²) in [7, 11) is 1.97. The molecule has 0 fully saturated rings. The number of benzene rings is 1. The van der Waals surface area contributed by atoms with Crippen LogP contribution in [0.2, 0.25) is 0 Å². The largest absolute Gasteiger partial charge is 0.398 e. The summed E-state index contributed by atoms with van der Waals surface area (Å²) >= 11 is 1.82. The summed E-state index contributed by atoms with van der Waals surface area (Å²) in [5, 5.41) is 3.12. The van der Waals surface area contributed by atoms with Crippen LogP contribution >= 0.6 is 11.8 Å². The molecule has 1 rings (SSSR count). The molecule has 13 heavy (non-hydrogen) atoms. The zero-order valence-corrected chi connectivity index (χ0v) is 8.73. The van der Waals surface area contributed by atoms with Crippen molar-refractivity contribution in [3.8, 4) is 0 Å². The maximum Gasteiger partial charge on any atom is 0.0452 e. The Morgan fingerprint density at radius 3 is 2.85 bits per heavy atom. The minimum atomic E-state index is 0.886. The average molecular weight is 196 g/mol. The highest BCUT2D eigenvalue weighted by Gasteiger charge is 1.96. The molecule has 0 spiro atoms. The summed E-state index contributed by atoms with van der Waals surface area (Å²) in [6.45, 7) is 1.07. The molecule has 0 aliphatic rings. The van der Waals surface area contributed by atoms with Gasteiger partial charge in [-0.1, -0.05) is 12.1 Å². The zero-order chi connectivity index (χ0) is 9.52. The SMILES string of the molecule is CNCCCSc1ccccc1N. The van der Waals surface area contributed by atoms with Crippen LogP contribution in [-0.4, -0.2) is 19.3 Å². The van der Waals surface area contributed by atoms with E-state index < -0.39 is 0 Å². The van der Waals surface area contributed by atoms with Crippen LogP contribution in [0.5, 0.6) is 0 Å². The molecule has 1 aromatic rings. The molecule has 72 valence electrons. The molecule has 3 N–H and O–H groups in total. The van der Waals surface area contributed by atoms with Crippen molar-refractivity contribution in [2.24, 2.45) is 0 Å². The maximum atomic E-state index is 5.80. The van der Waals surface area contributed by atoms with Crippen LogP contribution in [0.25, 0.3) is 0 Å². The highest BCUT2D eigenvalue weighted by molar-refractivity contribution is 7.99. The first-order valence-electron chi connectivity index (χ1n) is 4.46. The lowest BCUT2D eigenvalue weighted by Crippen LogP contribution is -2.08. The summed E-state index contributed by atoms with van der Waals surface area (Å²) < 4.78 is 0. The molecule has 3 heteroatoms. The lowest BCUT2D eigenvalue weighted by atomic mass is 10.3. The molecule has 0 unspecified atom stereocenters. The van der Waals surface area contributed by atoms with E-state index in [-0.39, 0.29) is 0 Å². The molecule has 1 aromatic carbocycles. The van der Waals surface area contributed by atoms with Gasteiger partial charge in [-0.15, -0.1) is 11.8 Å². The van der Waals surface area contributed by atoms with Gasteiger partial charge in [-0.25, -0.2) is 0 Å². The van der Waals surface area contributed by atoms with E-state index >= 15 is 0 Å². The zero-order valence-electron chi connectivity index (χ0n) is 7.92.